The number of piperidine rings is 1. The zero-order valence-corrected chi connectivity index (χ0v) is 21.9. The summed E-state index contributed by atoms with van der Waals surface area (Å²) in [4.78, 5) is 50.9. The van der Waals surface area contributed by atoms with Gasteiger partial charge in [0.2, 0.25) is 11.8 Å². The Balaban J connectivity index is 1.35. The zero-order valence-electron chi connectivity index (χ0n) is 21.9. The van der Waals surface area contributed by atoms with Gasteiger partial charge in [0, 0.05) is 24.2 Å². The monoisotopic (exact) mass is 504 g/mol. The van der Waals surface area contributed by atoms with E-state index in [0.717, 1.165) is 17.5 Å². The van der Waals surface area contributed by atoms with Crippen molar-refractivity contribution in [3.05, 3.63) is 64.7 Å². The topological polar surface area (TPSA) is 108 Å². The summed E-state index contributed by atoms with van der Waals surface area (Å²) >= 11 is 0. The Morgan fingerprint density at radius 2 is 1.81 bits per heavy atom. The molecular formula is C29H36N4O4. The van der Waals surface area contributed by atoms with Crippen LogP contribution in [0.3, 0.4) is 0 Å². The average molecular weight is 505 g/mol. The van der Waals surface area contributed by atoms with Gasteiger partial charge in [0.05, 0.1) is 5.54 Å². The zero-order chi connectivity index (χ0) is 26.6. The Bertz CT molecular complexity index is 1190. The highest BCUT2D eigenvalue weighted by molar-refractivity contribution is 6.05. The highest BCUT2D eigenvalue weighted by atomic mass is 16.2. The van der Waals surface area contributed by atoms with Crippen molar-refractivity contribution >= 4 is 29.4 Å². The summed E-state index contributed by atoms with van der Waals surface area (Å²) in [5.74, 6) is -0.999. The lowest BCUT2D eigenvalue weighted by Gasteiger charge is -2.29. The Hall–Kier alpha value is -3.68. The van der Waals surface area contributed by atoms with Crippen LogP contribution in [0.25, 0.3) is 0 Å². The van der Waals surface area contributed by atoms with Crippen molar-refractivity contribution in [2.45, 2.75) is 83.8 Å². The van der Waals surface area contributed by atoms with Gasteiger partial charge < -0.3 is 15.5 Å². The van der Waals surface area contributed by atoms with E-state index in [2.05, 4.69) is 47.1 Å². The van der Waals surface area contributed by atoms with Gasteiger partial charge in [-0.15, -0.1) is 0 Å². The van der Waals surface area contributed by atoms with E-state index in [1.54, 1.807) is 18.2 Å². The van der Waals surface area contributed by atoms with Gasteiger partial charge >= 0.3 is 6.03 Å². The number of unbranched alkanes of at least 4 members (excludes halogenated alkanes) is 3. The maximum atomic E-state index is 12.9. The second-order valence-electron chi connectivity index (χ2n) is 10.5. The highest BCUT2D eigenvalue weighted by Gasteiger charge is 2.39. The molecule has 5 amide bonds. The Morgan fingerprint density at radius 3 is 2.51 bits per heavy atom. The fourth-order valence-corrected chi connectivity index (χ4v) is 5.01. The SMILES string of the molecule is CCCCCCc1ccc(C(C)(C)NC(=O)Nc2ccc3c(c2)CN(C2CCC(=O)NC2=O)C3=O)cc1. The van der Waals surface area contributed by atoms with Crippen molar-refractivity contribution < 1.29 is 19.2 Å². The molecule has 0 aromatic heterocycles. The molecule has 1 fully saturated rings. The minimum Gasteiger partial charge on any atom is -0.329 e. The number of benzene rings is 2. The van der Waals surface area contributed by atoms with Crippen molar-refractivity contribution in [1.82, 2.24) is 15.5 Å². The minimum absolute atomic E-state index is 0.209. The average Bonchev–Trinajstić information content (AvgIpc) is 3.17. The van der Waals surface area contributed by atoms with Gasteiger partial charge in [0.1, 0.15) is 6.04 Å². The summed E-state index contributed by atoms with van der Waals surface area (Å²) in [6.45, 7) is 6.39. The van der Waals surface area contributed by atoms with Crippen molar-refractivity contribution in [3.63, 3.8) is 0 Å². The van der Waals surface area contributed by atoms with Gasteiger partial charge in [-0.25, -0.2) is 4.79 Å². The first kappa shape index (κ1) is 26.4. The molecule has 2 aromatic rings. The van der Waals surface area contributed by atoms with E-state index >= 15 is 0 Å². The van der Waals surface area contributed by atoms with Crippen molar-refractivity contribution in [2.24, 2.45) is 0 Å². The predicted molar refractivity (Wildman–Crippen MR) is 142 cm³/mol. The van der Waals surface area contributed by atoms with Gasteiger partial charge in [-0.3, -0.25) is 19.7 Å². The quantitative estimate of drug-likeness (QED) is 0.342. The molecule has 2 aliphatic rings. The van der Waals surface area contributed by atoms with Gasteiger partial charge in [-0.2, -0.15) is 0 Å². The summed E-state index contributed by atoms with van der Waals surface area (Å²) < 4.78 is 0. The van der Waals surface area contributed by atoms with Crippen LogP contribution < -0.4 is 16.0 Å². The molecule has 0 radical (unpaired) electrons. The summed E-state index contributed by atoms with van der Waals surface area (Å²) in [6.07, 6.45) is 6.52. The number of imide groups is 1. The number of nitrogens with one attached hydrogen (secondary N) is 3. The van der Waals surface area contributed by atoms with E-state index in [9.17, 15) is 19.2 Å². The van der Waals surface area contributed by atoms with Crippen LogP contribution in [0, 0.1) is 0 Å². The fourth-order valence-electron chi connectivity index (χ4n) is 5.01. The van der Waals surface area contributed by atoms with Gasteiger partial charge in [-0.05, 0) is 68.0 Å². The first-order valence-electron chi connectivity index (χ1n) is 13.1. The Labute approximate surface area is 218 Å². The second-order valence-corrected chi connectivity index (χ2v) is 10.5. The van der Waals surface area contributed by atoms with E-state index in [0.29, 0.717) is 17.7 Å². The van der Waals surface area contributed by atoms with E-state index in [1.807, 2.05) is 13.8 Å². The Kier molecular flexibility index (Phi) is 7.95. The van der Waals surface area contributed by atoms with Crippen LogP contribution in [0.5, 0.6) is 0 Å². The third kappa shape index (κ3) is 6.18. The number of urea groups is 1. The molecule has 0 spiro atoms. The van der Waals surface area contributed by atoms with Crippen LogP contribution in [0.1, 0.15) is 86.3 Å². The highest BCUT2D eigenvalue weighted by Crippen LogP contribution is 2.29. The smallest absolute Gasteiger partial charge is 0.319 e. The molecule has 8 heteroatoms. The van der Waals surface area contributed by atoms with Crippen LogP contribution in [-0.4, -0.2) is 34.7 Å². The summed E-state index contributed by atoms with van der Waals surface area (Å²) in [7, 11) is 0. The Morgan fingerprint density at radius 1 is 1.05 bits per heavy atom. The van der Waals surface area contributed by atoms with E-state index in [1.165, 1.54) is 36.1 Å². The number of hydrogen-bond acceptors (Lipinski definition) is 4. The molecule has 2 heterocycles. The third-order valence-corrected chi connectivity index (χ3v) is 7.20. The van der Waals surface area contributed by atoms with Crippen molar-refractivity contribution in [2.75, 3.05) is 5.32 Å². The third-order valence-electron chi connectivity index (χ3n) is 7.20. The lowest BCUT2D eigenvalue weighted by molar-refractivity contribution is -0.136. The lowest BCUT2D eigenvalue weighted by atomic mass is 9.93. The largest absolute Gasteiger partial charge is 0.329 e. The van der Waals surface area contributed by atoms with E-state index in [-0.39, 0.29) is 30.8 Å². The second kappa shape index (κ2) is 11.2. The molecule has 1 atom stereocenters. The molecule has 2 aromatic carbocycles. The number of fused-ring (bicyclic) bond motifs is 1. The lowest BCUT2D eigenvalue weighted by Crippen LogP contribution is -2.52. The molecule has 2 aliphatic heterocycles. The van der Waals surface area contributed by atoms with E-state index in [4.69, 9.17) is 0 Å². The standard InChI is InChI=1S/C29H36N4O4/c1-4-5-6-7-8-19-9-11-21(12-10-19)29(2,3)32-28(37)30-22-13-14-23-20(17-22)18-33(27(23)36)24-15-16-25(34)31-26(24)35/h9-14,17,24H,4-8,15-16,18H2,1-3H3,(H2,30,32,37)(H,31,34,35). The number of nitrogens with zero attached hydrogens (tertiary/aromatic N) is 1. The van der Waals surface area contributed by atoms with Gasteiger partial charge in [-0.1, -0.05) is 50.5 Å². The van der Waals surface area contributed by atoms with E-state index < -0.39 is 17.5 Å². The fraction of sp³-hybridized carbons (Fsp3) is 0.448. The van der Waals surface area contributed by atoms with Crippen molar-refractivity contribution in [1.29, 1.82) is 0 Å². The summed E-state index contributed by atoms with van der Waals surface area (Å²) in [6, 6.07) is 12.5. The molecule has 0 aliphatic carbocycles. The van der Waals surface area contributed by atoms with Crippen LogP contribution >= 0.6 is 0 Å². The van der Waals surface area contributed by atoms with Crippen LogP contribution in [0.4, 0.5) is 10.5 Å². The first-order valence-corrected chi connectivity index (χ1v) is 13.1. The van der Waals surface area contributed by atoms with Crippen molar-refractivity contribution in [3.8, 4) is 0 Å². The number of carbonyl (C=O) groups is 4. The maximum Gasteiger partial charge on any atom is 0.319 e. The van der Waals surface area contributed by atoms with Crippen LogP contribution in [0.2, 0.25) is 0 Å². The minimum atomic E-state index is -0.666. The number of anilines is 1. The molecular weight excluding hydrogens is 468 g/mol. The molecule has 1 saturated heterocycles. The number of carbonyl (C=O) groups excluding carboxylic acids is 4. The molecule has 1 unspecified atom stereocenters. The first-order chi connectivity index (χ1) is 17.7. The summed E-state index contributed by atoms with van der Waals surface area (Å²) in [5.41, 5.74) is 3.54. The van der Waals surface area contributed by atoms with Crippen LogP contribution in [0.15, 0.2) is 42.5 Å². The molecule has 37 heavy (non-hydrogen) atoms. The molecule has 0 bridgehead atoms. The predicted octanol–water partition coefficient (Wildman–Crippen LogP) is 4.63. The molecule has 4 rings (SSSR count). The maximum absolute atomic E-state index is 12.9. The number of rotatable bonds is 9. The number of aryl methyl sites for hydroxylation is 1. The van der Waals surface area contributed by atoms with Crippen LogP contribution in [-0.2, 0) is 28.1 Å². The molecule has 3 N–H and O–H groups in total. The molecule has 196 valence electrons. The number of amides is 5. The number of hydrogen-bond donors (Lipinski definition) is 3. The normalized spacial score (nSPS) is 17.4. The van der Waals surface area contributed by atoms with Gasteiger partial charge in [0.15, 0.2) is 0 Å². The molecule has 8 nitrogen and oxygen atoms in total. The van der Waals surface area contributed by atoms with Gasteiger partial charge in [0.25, 0.3) is 5.91 Å². The summed E-state index contributed by atoms with van der Waals surface area (Å²) in [5, 5.41) is 8.21. The molecule has 0 saturated carbocycles.